The van der Waals surface area contributed by atoms with Crippen molar-refractivity contribution in [2.24, 2.45) is 11.7 Å². The summed E-state index contributed by atoms with van der Waals surface area (Å²) in [7, 11) is 0. The summed E-state index contributed by atoms with van der Waals surface area (Å²) >= 11 is 0. The van der Waals surface area contributed by atoms with Gasteiger partial charge in [0.05, 0.1) is 0 Å². The predicted molar refractivity (Wildman–Crippen MR) is 108 cm³/mol. The molecular formula is C22H35NO3. The molecule has 4 N–H and O–H groups in total. The average Bonchev–Trinajstić information content (AvgIpc) is 3.56. The number of carboxylic acid groups (broad SMARTS) is 1. The Labute approximate surface area is 158 Å². The zero-order valence-electron chi connectivity index (χ0n) is 16.5. The second kappa shape index (κ2) is 11.9. The van der Waals surface area contributed by atoms with E-state index in [1.165, 1.54) is 37.7 Å². The van der Waals surface area contributed by atoms with Crippen molar-refractivity contribution in [3.8, 4) is 0 Å². The van der Waals surface area contributed by atoms with Crippen LogP contribution in [-0.4, -0.2) is 28.8 Å². The van der Waals surface area contributed by atoms with Crippen molar-refractivity contribution in [3.05, 3.63) is 41.0 Å². The van der Waals surface area contributed by atoms with Crippen LogP contribution in [0.2, 0.25) is 0 Å². The van der Waals surface area contributed by atoms with Gasteiger partial charge in [-0.15, -0.1) is 0 Å². The molecule has 0 bridgehead atoms. The highest BCUT2D eigenvalue weighted by Gasteiger charge is 2.27. The zero-order valence-corrected chi connectivity index (χ0v) is 16.5. The van der Waals surface area contributed by atoms with Crippen LogP contribution in [0.5, 0.6) is 0 Å². The van der Waals surface area contributed by atoms with E-state index in [0.29, 0.717) is 13.0 Å². The summed E-state index contributed by atoms with van der Waals surface area (Å²) in [5, 5.41) is 16.7. The Morgan fingerprint density at radius 2 is 1.73 bits per heavy atom. The monoisotopic (exact) mass is 361 g/mol. The van der Waals surface area contributed by atoms with Gasteiger partial charge in [-0.1, -0.05) is 50.6 Å². The molecule has 0 heterocycles. The standard InChI is InChI=1S/C17H21NO2.C3H8O.C2H6/c18-16(17(19)20)10-12-3-5-13(6-4-12)15(14-7-8-14)9-11-1-2-11;1-2-3-4;1-2/h3-6,11,16H,1-2,7-10,18H2,(H,19,20);4H,2-3H2,1H3;1-2H3. The Kier molecular flexibility index (Phi) is 10.2. The van der Waals surface area contributed by atoms with E-state index < -0.39 is 12.0 Å². The summed E-state index contributed by atoms with van der Waals surface area (Å²) in [6, 6.07) is 7.50. The number of benzene rings is 1. The number of aliphatic carboxylic acids is 1. The lowest BCUT2D eigenvalue weighted by molar-refractivity contribution is -0.138. The van der Waals surface area contributed by atoms with E-state index in [2.05, 4.69) is 12.1 Å². The van der Waals surface area contributed by atoms with Crippen LogP contribution in [0.25, 0.3) is 5.57 Å². The molecule has 1 unspecified atom stereocenters. The van der Waals surface area contributed by atoms with Crippen molar-refractivity contribution >= 4 is 11.5 Å². The van der Waals surface area contributed by atoms with E-state index in [9.17, 15) is 4.79 Å². The first-order valence-electron chi connectivity index (χ1n) is 9.94. The lowest BCUT2D eigenvalue weighted by atomic mass is 9.96. The van der Waals surface area contributed by atoms with E-state index in [1.807, 2.05) is 32.9 Å². The molecule has 1 aromatic carbocycles. The molecule has 26 heavy (non-hydrogen) atoms. The minimum Gasteiger partial charge on any atom is -0.480 e. The van der Waals surface area contributed by atoms with Gasteiger partial charge in [0.2, 0.25) is 0 Å². The Morgan fingerprint density at radius 1 is 1.19 bits per heavy atom. The van der Waals surface area contributed by atoms with Crippen LogP contribution in [0, 0.1) is 5.92 Å². The van der Waals surface area contributed by atoms with Crippen LogP contribution in [0.1, 0.15) is 70.4 Å². The molecule has 2 aliphatic rings. The topological polar surface area (TPSA) is 83.5 Å². The van der Waals surface area contributed by atoms with Crippen LogP contribution < -0.4 is 5.73 Å². The molecule has 0 amide bonds. The maximum absolute atomic E-state index is 10.8. The number of hydrogen-bond donors (Lipinski definition) is 3. The van der Waals surface area contributed by atoms with Crippen molar-refractivity contribution in [2.75, 3.05) is 6.61 Å². The van der Waals surface area contributed by atoms with Crippen LogP contribution >= 0.6 is 0 Å². The third-order valence-electron chi connectivity index (χ3n) is 4.42. The van der Waals surface area contributed by atoms with Crippen molar-refractivity contribution < 1.29 is 15.0 Å². The van der Waals surface area contributed by atoms with Gasteiger partial charge in [-0.05, 0) is 67.6 Å². The average molecular weight is 362 g/mol. The van der Waals surface area contributed by atoms with Crippen LogP contribution in [0.15, 0.2) is 29.8 Å². The van der Waals surface area contributed by atoms with Crippen LogP contribution in [0.3, 0.4) is 0 Å². The number of carbonyl (C=O) groups is 1. The highest BCUT2D eigenvalue weighted by Crippen LogP contribution is 2.44. The fourth-order valence-electron chi connectivity index (χ4n) is 2.62. The molecule has 1 atom stereocenters. The molecule has 2 saturated carbocycles. The van der Waals surface area contributed by atoms with E-state index in [-0.39, 0.29) is 0 Å². The van der Waals surface area contributed by atoms with E-state index in [1.54, 1.807) is 11.1 Å². The Morgan fingerprint density at radius 3 is 2.12 bits per heavy atom. The normalized spacial score (nSPS) is 15.8. The Bertz CT molecular complexity index is 566. The van der Waals surface area contributed by atoms with Gasteiger partial charge >= 0.3 is 5.97 Å². The molecule has 146 valence electrons. The number of aliphatic hydroxyl groups is 1. The van der Waals surface area contributed by atoms with Crippen LogP contribution in [0.4, 0.5) is 0 Å². The summed E-state index contributed by atoms with van der Waals surface area (Å²) in [6.45, 7) is 6.25. The van der Waals surface area contributed by atoms with Gasteiger partial charge in [0, 0.05) is 6.61 Å². The minimum absolute atomic E-state index is 0.319. The zero-order chi connectivity index (χ0) is 19.5. The van der Waals surface area contributed by atoms with Gasteiger partial charge in [-0.25, -0.2) is 0 Å². The largest absolute Gasteiger partial charge is 0.480 e. The molecule has 3 rings (SSSR count). The molecular weight excluding hydrogens is 326 g/mol. The summed E-state index contributed by atoms with van der Waals surface area (Å²) in [5.41, 5.74) is 11.0. The van der Waals surface area contributed by atoms with E-state index in [4.69, 9.17) is 15.9 Å². The van der Waals surface area contributed by atoms with Crippen molar-refractivity contribution in [3.63, 3.8) is 0 Å². The maximum Gasteiger partial charge on any atom is 0.320 e. The summed E-state index contributed by atoms with van der Waals surface area (Å²) in [5.74, 6) is -0.0400. The summed E-state index contributed by atoms with van der Waals surface area (Å²) < 4.78 is 0. The summed E-state index contributed by atoms with van der Waals surface area (Å²) in [6.07, 6.45) is 7.76. The molecule has 0 spiro atoms. The fraction of sp³-hybridized carbons (Fsp3) is 0.591. The first-order valence-corrected chi connectivity index (χ1v) is 9.94. The van der Waals surface area contributed by atoms with Gasteiger partial charge in [-0.2, -0.15) is 0 Å². The molecule has 0 aromatic heterocycles. The molecule has 0 saturated heterocycles. The Balaban J connectivity index is 0.000000500. The lowest BCUT2D eigenvalue weighted by Crippen LogP contribution is -2.32. The van der Waals surface area contributed by atoms with Crippen molar-refractivity contribution in [2.45, 2.75) is 71.8 Å². The molecule has 4 heteroatoms. The first kappa shape index (κ1) is 22.4. The fourth-order valence-corrected chi connectivity index (χ4v) is 2.62. The van der Waals surface area contributed by atoms with Crippen molar-refractivity contribution in [1.82, 2.24) is 0 Å². The molecule has 2 aliphatic carbocycles. The first-order chi connectivity index (χ1) is 12.5. The van der Waals surface area contributed by atoms with Gasteiger partial charge < -0.3 is 15.9 Å². The number of allylic oxidation sites excluding steroid dienone is 2. The third-order valence-corrected chi connectivity index (χ3v) is 4.42. The second-order valence-corrected chi connectivity index (χ2v) is 6.80. The molecule has 1 aromatic rings. The van der Waals surface area contributed by atoms with Gasteiger partial charge in [-0.3, -0.25) is 4.79 Å². The lowest BCUT2D eigenvalue weighted by Gasteiger charge is -2.10. The number of rotatable bonds is 7. The van der Waals surface area contributed by atoms with E-state index in [0.717, 1.165) is 17.9 Å². The number of carboxylic acids is 1. The highest BCUT2D eigenvalue weighted by molar-refractivity contribution is 5.74. The highest BCUT2D eigenvalue weighted by atomic mass is 16.4. The predicted octanol–water partition coefficient (Wildman–Crippen LogP) is 4.40. The number of aliphatic hydroxyl groups excluding tert-OH is 1. The van der Waals surface area contributed by atoms with Gasteiger partial charge in [0.25, 0.3) is 0 Å². The van der Waals surface area contributed by atoms with Gasteiger partial charge in [0.15, 0.2) is 0 Å². The number of nitrogens with two attached hydrogens (primary N) is 1. The quantitative estimate of drug-likeness (QED) is 0.672. The molecule has 0 radical (unpaired) electrons. The smallest absolute Gasteiger partial charge is 0.320 e. The second-order valence-electron chi connectivity index (χ2n) is 6.80. The minimum atomic E-state index is -0.941. The number of hydrogen-bond acceptors (Lipinski definition) is 3. The molecule has 0 aliphatic heterocycles. The van der Waals surface area contributed by atoms with Crippen molar-refractivity contribution in [1.29, 1.82) is 0 Å². The summed E-state index contributed by atoms with van der Waals surface area (Å²) in [4.78, 5) is 10.8. The maximum atomic E-state index is 10.8. The van der Waals surface area contributed by atoms with Gasteiger partial charge in [0.1, 0.15) is 6.04 Å². The SMILES string of the molecule is CC.CCCO.NC(Cc1ccc(C(CC2CC2)=C2CC2)cc1)C(=O)O. The Hall–Kier alpha value is -1.65. The van der Waals surface area contributed by atoms with Crippen LogP contribution in [-0.2, 0) is 11.2 Å². The van der Waals surface area contributed by atoms with E-state index >= 15 is 0 Å². The molecule has 2 fully saturated rings. The third kappa shape index (κ3) is 8.15. The molecule has 4 nitrogen and oxygen atoms in total.